The number of hydrogen-bond donors (Lipinski definition) is 0. The summed E-state index contributed by atoms with van der Waals surface area (Å²) in [6, 6.07) is 2.34. The van der Waals surface area contributed by atoms with Crippen molar-refractivity contribution < 1.29 is 10.1 Å². The molecule has 0 radical (unpaired) electrons. The zero-order valence-electron chi connectivity index (χ0n) is 6.23. The van der Waals surface area contributed by atoms with Gasteiger partial charge in [-0.3, -0.25) is 4.98 Å². The van der Waals surface area contributed by atoms with Crippen LogP contribution in [0.4, 0.5) is 5.69 Å². The lowest BCUT2D eigenvalue weighted by Gasteiger charge is -2.01. The molecular formula is C5H4N4O4. The second kappa shape index (κ2) is 3.43. The van der Waals surface area contributed by atoms with Gasteiger partial charge in [-0.1, -0.05) is 0 Å². The molecule has 1 rings (SSSR count). The first-order valence-corrected chi connectivity index (χ1v) is 3.11. The van der Waals surface area contributed by atoms with E-state index in [1.807, 2.05) is 0 Å². The maximum absolute atomic E-state index is 10.2. The summed E-state index contributed by atoms with van der Waals surface area (Å²) in [5, 5.41) is 18.0. The molecule has 1 aromatic rings. The van der Waals surface area contributed by atoms with Crippen LogP contribution in [0.3, 0.4) is 0 Å². The lowest BCUT2D eigenvalue weighted by molar-refractivity contribution is -0.711. The topological polar surface area (TPSA) is 102 Å². The monoisotopic (exact) mass is 184 g/mol. The van der Waals surface area contributed by atoms with Gasteiger partial charge in [-0.25, -0.2) is 20.2 Å². The van der Waals surface area contributed by atoms with E-state index in [1.54, 1.807) is 0 Å². The number of anilines is 1. The van der Waals surface area contributed by atoms with Gasteiger partial charge in [0.15, 0.2) is 10.8 Å². The van der Waals surface area contributed by atoms with E-state index in [1.165, 1.54) is 24.5 Å². The minimum absolute atomic E-state index is 0.148. The first-order chi connectivity index (χ1) is 6.13. The molecule has 0 saturated heterocycles. The van der Waals surface area contributed by atoms with E-state index < -0.39 is 10.1 Å². The number of aromatic nitrogens is 1. The number of hydrogen-bond acceptors (Lipinski definition) is 5. The van der Waals surface area contributed by atoms with Crippen LogP contribution in [0, 0.1) is 20.2 Å². The molecule has 13 heavy (non-hydrogen) atoms. The molecule has 8 heteroatoms. The van der Waals surface area contributed by atoms with Crippen LogP contribution in [0.5, 0.6) is 0 Å². The van der Waals surface area contributed by atoms with Gasteiger partial charge in [0.1, 0.15) is 0 Å². The van der Waals surface area contributed by atoms with Gasteiger partial charge in [0.25, 0.3) is 0 Å². The molecule has 68 valence electrons. The second-order valence-electron chi connectivity index (χ2n) is 1.97. The van der Waals surface area contributed by atoms with Gasteiger partial charge in [-0.05, 0) is 12.1 Å². The van der Waals surface area contributed by atoms with Crippen molar-refractivity contribution in [3.05, 3.63) is 44.8 Å². The quantitative estimate of drug-likeness (QED) is 0.493. The normalized spacial score (nSPS) is 9.23. The Morgan fingerprint density at radius 3 is 2.00 bits per heavy atom. The van der Waals surface area contributed by atoms with Crippen LogP contribution in [0.1, 0.15) is 0 Å². The van der Waals surface area contributed by atoms with Crippen LogP contribution in [0.2, 0.25) is 0 Å². The minimum Gasteiger partial charge on any atom is -0.265 e. The number of pyridine rings is 1. The van der Waals surface area contributed by atoms with Crippen molar-refractivity contribution in [2.75, 3.05) is 5.12 Å². The van der Waals surface area contributed by atoms with Crippen LogP contribution in [-0.4, -0.2) is 15.0 Å². The van der Waals surface area contributed by atoms with E-state index >= 15 is 0 Å². The van der Waals surface area contributed by atoms with Crippen LogP contribution in [-0.2, 0) is 0 Å². The van der Waals surface area contributed by atoms with E-state index in [0.29, 0.717) is 0 Å². The van der Waals surface area contributed by atoms with E-state index in [2.05, 4.69) is 4.98 Å². The van der Waals surface area contributed by atoms with Gasteiger partial charge in [-0.15, -0.1) is 0 Å². The van der Waals surface area contributed by atoms with Crippen molar-refractivity contribution in [3.8, 4) is 0 Å². The summed E-state index contributed by atoms with van der Waals surface area (Å²) < 4.78 is 0. The third kappa shape index (κ3) is 1.86. The number of nitrogens with zero attached hydrogens (tertiary/aromatic N) is 4. The third-order valence-corrected chi connectivity index (χ3v) is 1.20. The molecule has 0 aliphatic rings. The van der Waals surface area contributed by atoms with Gasteiger partial charge < -0.3 is 0 Å². The molecule has 0 bridgehead atoms. The Kier molecular flexibility index (Phi) is 2.33. The van der Waals surface area contributed by atoms with Crippen molar-refractivity contribution in [1.82, 2.24) is 4.98 Å². The zero-order chi connectivity index (χ0) is 9.84. The predicted molar refractivity (Wildman–Crippen MR) is 40.7 cm³/mol. The number of nitro groups is 2. The Labute approximate surface area is 71.7 Å². The summed E-state index contributed by atoms with van der Waals surface area (Å²) in [4.78, 5) is 24.0. The van der Waals surface area contributed by atoms with Crippen LogP contribution in [0.25, 0.3) is 0 Å². The Balaban J connectivity index is 3.03. The highest BCUT2D eigenvalue weighted by atomic mass is 16.8. The third-order valence-electron chi connectivity index (χ3n) is 1.20. The van der Waals surface area contributed by atoms with Crippen molar-refractivity contribution in [2.24, 2.45) is 0 Å². The summed E-state index contributed by atoms with van der Waals surface area (Å²) in [6.07, 6.45) is 2.46. The Hall–Kier alpha value is -2.25. The summed E-state index contributed by atoms with van der Waals surface area (Å²) in [5.41, 5.74) is -0.148. The van der Waals surface area contributed by atoms with Crippen molar-refractivity contribution in [3.63, 3.8) is 0 Å². The van der Waals surface area contributed by atoms with Gasteiger partial charge in [0.2, 0.25) is 10.1 Å². The van der Waals surface area contributed by atoms with Gasteiger partial charge in [0, 0.05) is 12.4 Å². The maximum atomic E-state index is 10.2. The molecule has 0 amide bonds. The fourth-order valence-electron chi connectivity index (χ4n) is 0.726. The van der Waals surface area contributed by atoms with Crippen LogP contribution < -0.4 is 5.12 Å². The van der Waals surface area contributed by atoms with Crippen LogP contribution in [0.15, 0.2) is 24.5 Å². The molecule has 0 unspecified atom stereocenters. The molecule has 8 nitrogen and oxygen atoms in total. The first kappa shape index (κ1) is 8.84. The molecule has 0 aliphatic heterocycles. The first-order valence-electron chi connectivity index (χ1n) is 3.11. The second-order valence-corrected chi connectivity index (χ2v) is 1.97. The Bertz CT molecular complexity index is 313. The Morgan fingerprint density at radius 1 is 1.15 bits per heavy atom. The average molecular weight is 184 g/mol. The molecular weight excluding hydrogens is 180 g/mol. The fraction of sp³-hybridized carbons (Fsp3) is 0. The summed E-state index contributed by atoms with van der Waals surface area (Å²) in [6.45, 7) is 0. The predicted octanol–water partition coefficient (Wildman–Crippen LogP) is 0.271. The highest BCUT2D eigenvalue weighted by Crippen LogP contribution is 2.11. The molecule has 1 aromatic heterocycles. The summed E-state index contributed by atoms with van der Waals surface area (Å²) in [7, 11) is 0. The largest absolute Gasteiger partial charge is 0.265 e. The molecule has 0 saturated carbocycles. The van der Waals surface area contributed by atoms with Crippen molar-refractivity contribution in [2.45, 2.75) is 0 Å². The average Bonchev–Trinajstić information content (AvgIpc) is 2.04. The standard InChI is InChI=1S/C5H4N4O4/c10-8(11)7(9(12)13)5-1-3-6-4-2-5/h1-4H. The van der Waals surface area contributed by atoms with Gasteiger partial charge >= 0.3 is 0 Å². The minimum atomic E-state index is -1.12. The molecule has 0 atom stereocenters. The smallest absolute Gasteiger partial charge is 0.228 e. The zero-order valence-corrected chi connectivity index (χ0v) is 6.23. The molecule has 0 aliphatic carbocycles. The highest BCUT2D eigenvalue weighted by Gasteiger charge is 2.29. The van der Waals surface area contributed by atoms with Gasteiger partial charge in [-0.2, -0.15) is 0 Å². The molecule has 0 N–H and O–H groups in total. The van der Waals surface area contributed by atoms with Crippen molar-refractivity contribution >= 4 is 5.69 Å². The lowest BCUT2D eigenvalue weighted by atomic mass is 10.4. The number of rotatable bonds is 3. The molecule has 0 fully saturated rings. The molecule has 0 spiro atoms. The SMILES string of the molecule is O=[N+]([O-])N(c1ccncc1)[N+](=O)[O-]. The fourth-order valence-corrected chi connectivity index (χ4v) is 0.726. The van der Waals surface area contributed by atoms with E-state index in [-0.39, 0.29) is 10.8 Å². The lowest BCUT2D eigenvalue weighted by Crippen LogP contribution is -2.35. The summed E-state index contributed by atoms with van der Waals surface area (Å²) in [5.74, 6) is 0. The van der Waals surface area contributed by atoms with E-state index in [0.717, 1.165) is 0 Å². The Morgan fingerprint density at radius 2 is 1.62 bits per heavy atom. The highest BCUT2D eigenvalue weighted by molar-refractivity contribution is 5.38. The van der Waals surface area contributed by atoms with E-state index in [4.69, 9.17) is 0 Å². The van der Waals surface area contributed by atoms with Gasteiger partial charge in [0.05, 0.1) is 0 Å². The maximum Gasteiger partial charge on any atom is 0.228 e. The van der Waals surface area contributed by atoms with Crippen molar-refractivity contribution in [1.29, 1.82) is 0 Å². The van der Waals surface area contributed by atoms with Crippen LogP contribution >= 0.6 is 0 Å². The number of hydrazine groups is 2. The molecule has 1 heterocycles. The molecule has 0 aromatic carbocycles. The summed E-state index contributed by atoms with van der Waals surface area (Å²) >= 11 is 0. The van der Waals surface area contributed by atoms with E-state index in [9.17, 15) is 20.2 Å².